The van der Waals surface area contributed by atoms with Crippen molar-refractivity contribution < 1.29 is 14.7 Å². The summed E-state index contributed by atoms with van der Waals surface area (Å²) in [5.41, 5.74) is 0. The minimum absolute atomic E-state index is 0.0396. The smallest absolute Gasteiger partial charge is 0.226 e. The summed E-state index contributed by atoms with van der Waals surface area (Å²) in [6.07, 6.45) is 4.65. The van der Waals surface area contributed by atoms with Gasteiger partial charge in [0.2, 0.25) is 5.91 Å². The van der Waals surface area contributed by atoms with Gasteiger partial charge in [-0.2, -0.15) is 0 Å². The molecule has 1 N–H and O–H groups in total. The zero-order valence-corrected chi connectivity index (χ0v) is 9.52. The molecule has 1 unspecified atom stereocenters. The van der Waals surface area contributed by atoms with Crippen LogP contribution >= 0.6 is 0 Å². The number of aliphatic hydroxyl groups excluding tert-OH is 1. The van der Waals surface area contributed by atoms with E-state index in [4.69, 9.17) is 5.11 Å². The quantitative estimate of drug-likeness (QED) is 0.767. The molecule has 1 amide bonds. The molecule has 0 aromatic rings. The Balaban J connectivity index is 1.86. The van der Waals surface area contributed by atoms with Gasteiger partial charge in [0.25, 0.3) is 0 Å². The van der Waals surface area contributed by atoms with Crippen molar-refractivity contribution in [1.29, 1.82) is 0 Å². The van der Waals surface area contributed by atoms with Crippen molar-refractivity contribution in [3.63, 3.8) is 0 Å². The molecule has 16 heavy (non-hydrogen) atoms. The molecule has 2 fully saturated rings. The molecule has 4 heteroatoms. The first-order valence-corrected chi connectivity index (χ1v) is 6.15. The fourth-order valence-electron chi connectivity index (χ4n) is 2.65. The Morgan fingerprint density at radius 3 is 2.81 bits per heavy atom. The standard InChI is InChI=1S/C12H19NO3/c14-6-2-4-10-3-1-5-13(10)12(16)9-7-11(15)8-9/h9-10,14H,1-8H2. The van der Waals surface area contributed by atoms with Gasteiger partial charge in [-0.25, -0.2) is 0 Å². The first-order chi connectivity index (χ1) is 7.72. The van der Waals surface area contributed by atoms with Crippen molar-refractivity contribution >= 4 is 11.7 Å². The van der Waals surface area contributed by atoms with Gasteiger partial charge in [0.15, 0.2) is 0 Å². The van der Waals surface area contributed by atoms with Crippen LogP contribution in [-0.4, -0.2) is 40.9 Å². The molecule has 2 aliphatic rings. The normalized spacial score (nSPS) is 25.9. The van der Waals surface area contributed by atoms with E-state index in [0.29, 0.717) is 18.9 Å². The van der Waals surface area contributed by atoms with E-state index < -0.39 is 0 Å². The summed E-state index contributed by atoms with van der Waals surface area (Å²) >= 11 is 0. The third-order valence-electron chi connectivity index (χ3n) is 3.65. The number of rotatable bonds is 4. The van der Waals surface area contributed by atoms with Gasteiger partial charge in [0, 0.05) is 32.0 Å². The van der Waals surface area contributed by atoms with E-state index >= 15 is 0 Å². The van der Waals surface area contributed by atoms with Crippen molar-refractivity contribution in [2.75, 3.05) is 13.2 Å². The summed E-state index contributed by atoms with van der Waals surface area (Å²) in [7, 11) is 0. The summed E-state index contributed by atoms with van der Waals surface area (Å²) in [6.45, 7) is 1.03. The van der Waals surface area contributed by atoms with Crippen LogP contribution in [0.25, 0.3) is 0 Å². The van der Waals surface area contributed by atoms with Crippen LogP contribution in [0.4, 0.5) is 0 Å². The van der Waals surface area contributed by atoms with Crippen molar-refractivity contribution in [3.05, 3.63) is 0 Å². The van der Waals surface area contributed by atoms with Crippen LogP contribution in [0.1, 0.15) is 38.5 Å². The molecule has 0 radical (unpaired) electrons. The molecule has 1 saturated carbocycles. The zero-order valence-electron chi connectivity index (χ0n) is 9.52. The maximum Gasteiger partial charge on any atom is 0.226 e. The summed E-state index contributed by atoms with van der Waals surface area (Å²) < 4.78 is 0. The fraction of sp³-hybridized carbons (Fsp3) is 0.833. The van der Waals surface area contributed by atoms with Gasteiger partial charge >= 0.3 is 0 Å². The van der Waals surface area contributed by atoms with Gasteiger partial charge in [-0.05, 0) is 25.7 Å². The first kappa shape index (κ1) is 11.6. The van der Waals surface area contributed by atoms with Crippen LogP contribution in [0.15, 0.2) is 0 Å². The lowest BCUT2D eigenvalue weighted by molar-refractivity contribution is -0.145. The molecule has 0 aromatic heterocycles. The molecule has 1 aliphatic carbocycles. The maximum atomic E-state index is 12.1. The van der Waals surface area contributed by atoms with Gasteiger partial charge in [-0.15, -0.1) is 0 Å². The average molecular weight is 225 g/mol. The molecule has 1 heterocycles. The molecule has 4 nitrogen and oxygen atoms in total. The molecule has 1 aliphatic heterocycles. The summed E-state index contributed by atoms with van der Waals surface area (Å²) in [5, 5.41) is 8.80. The zero-order chi connectivity index (χ0) is 11.5. The highest BCUT2D eigenvalue weighted by atomic mass is 16.3. The fourth-order valence-corrected chi connectivity index (χ4v) is 2.65. The Morgan fingerprint density at radius 1 is 1.44 bits per heavy atom. The van der Waals surface area contributed by atoms with E-state index in [1.165, 1.54) is 0 Å². The summed E-state index contributed by atoms with van der Waals surface area (Å²) in [5.74, 6) is 0.340. The molecule has 1 atom stereocenters. The number of likely N-dealkylation sites (tertiary alicyclic amines) is 1. The largest absolute Gasteiger partial charge is 0.396 e. The molecule has 1 saturated heterocycles. The Morgan fingerprint density at radius 2 is 2.19 bits per heavy atom. The lowest BCUT2D eigenvalue weighted by atomic mass is 9.83. The molecule has 90 valence electrons. The molecular weight excluding hydrogens is 206 g/mol. The number of carbonyl (C=O) groups is 2. The second-order valence-corrected chi connectivity index (χ2v) is 4.84. The monoisotopic (exact) mass is 225 g/mol. The van der Waals surface area contributed by atoms with Crippen molar-refractivity contribution in [2.45, 2.75) is 44.6 Å². The van der Waals surface area contributed by atoms with Crippen molar-refractivity contribution in [3.8, 4) is 0 Å². The van der Waals surface area contributed by atoms with Gasteiger partial charge in [-0.1, -0.05) is 0 Å². The Hall–Kier alpha value is -0.900. The minimum Gasteiger partial charge on any atom is -0.396 e. The number of aliphatic hydroxyl groups is 1. The molecule has 0 spiro atoms. The second kappa shape index (κ2) is 4.95. The third kappa shape index (κ3) is 2.26. The summed E-state index contributed by atoms with van der Waals surface area (Å²) in [6, 6.07) is 0.301. The van der Waals surface area contributed by atoms with Crippen LogP contribution in [0.2, 0.25) is 0 Å². The number of ketones is 1. The van der Waals surface area contributed by atoms with Gasteiger partial charge < -0.3 is 10.0 Å². The molecule has 2 rings (SSSR count). The number of carbonyl (C=O) groups excluding carboxylic acids is 2. The molecule has 0 bridgehead atoms. The Kier molecular flexibility index (Phi) is 3.59. The van der Waals surface area contributed by atoms with E-state index in [1.807, 2.05) is 4.90 Å². The van der Waals surface area contributed by atoms with Crippen LogP contribution < -0.4 is 0 Å². The van der Waals surface area contributed by atoms with E-state index in [2.05, 4.69) is 0 Å². The van der Waals surface area contributed by atoms with Gasteiger partial charge in [-0.3, -0.25) is 9.59 Å². The number of Topliss-reactive ketones (excluding diaryl/α,β-unsaturated/α-hetero) is 1. The lowest BCUT2D eigenvalue weighted by Gasteiger charge is -2.32. The van der Waals surface area contributed by atoms with Crippen LogP contribution in [-0.2, 0) is 9.59 Å². The lowest BCUT2D eigenvalue weighted by Crippen LogP contribution is -2.44. The van der Waals surface area contributed by atoms with E-state index in [1.54, 1.807) is 0 Å². The van der Waals surface area contributed by atoms with Crippen LogP contribution in [0, 0.1) is 5.92 Å². The number of nitrogens with zero attached hydrogens (tertiary/aromatic N) is 1. The SMILES string of the molecule is O=C1CC(C(=O)N2CCCC2CCCO)C1. The summed E-state index contributed by atoms with van der Waals surface area (Å²) in [4.78, 5) is 24.9. The highest BCUT2D eigenvalue weighted by molar-refractivity contribution is 5.96. The maximum absolute atomic E-state index is 12.1. The number of amides is 1. The average Bonchev–Trinajstić information content (AvgIpc) is 2.69. The minimum atomic E-state index is -0.0396. The van der Waals surface area contributed by atoms with Crippen LogP contribution in [0.3, 0.4) is 0 Å². The van der Waals surface area contributed by atoms with E-state index in [-0.39, 0.29) is 24.2 Å². The first-order valence-electron chi connectivity index (χ1n) is 6.15. The predicted molar refractivity (Wildman–Crippen MR) is 58.8 cm³/mol. The van der Waals surface area contributed by atoms with Crippen molar-refractivity contribution in [1.82, 2.24) is 4.90 Å². The van der Waals surface area contributed by atoms with E-state index in [0.717, 1.165) is 32.2 Å². The molecular formula is C12H19NO3. The number of hydrogen-bond acceptors (Lipinski definition) is 3. The predicted octanol–water partition coefficient (Wildman–Crippen LogP) is 0.729. The van der Waals surface area contributed by atoms with E-state index in [9.17, 15) is 9.59 Å². The third-order valence-corrected chi connectivity index (χ3v) is 3.65. The van der Waals surface area contributed by atoms with Gasteiger partial charge in [0.05, 0.1) is 5.92 Å². The van der Waals surface area contributed by atoms with Crippen LogP contribution in [0.5, 0.6) is 0 Å². The Labute approximate surface area is 95.6 Å². The van der Waals surface area contributed by atoms with Crippen molar-refractivity contribution in [2.24, 2.45) is 5.92 Å². The highest BCUT2D eigenvalue weighted by Gasteiger charge is 2.38. The topological polar surface area (TPSA) is 57.6 Å². The van der Waals surface area contributed by atoms with Gasteiger partial charge in [0.1, 0.15) is 5.78 Å². The number of hydrogen-bond donors (Lipinski definition) is 1. The molecule has 0 aromatic carbocycles. The highest BCUT2D eigenvalue weighted by Crippen LogP contribution is 2.30. The Bertz CT molecular complexity index is 282. The second-order valence-electron chi connectivity index (χ2n) is 4.84.